The first-order valence-corrected chi connectivity index (χ1v) is 12.7. The van der Waals surface area contributed by atoms with Crippen LogP contribution in [0.4, 0.5) is 5.69 Å². The molecule has 0 aromatic heterocycles. The molecule has 186 valence electrons. The van der Waals surface area contributed by atoms with Crippen LogP contribution < -0.4 is 9.62 Å². The molecule has 0 fully saturated rings. The van der Waals surface area contributed by atoms with E-state index in [0.29, 0.717) is 16.8 Å². The van der Waals surface area contributed by atoms with Crippen LogP contribution in [0.3, 0.4) is 0 Å². The second kappa shape index (κ2) is 11.9. The molecule has 9 heteroatoms. The van der Waals surface area contributed by atoms with Crippen molar-refractivity contribution in [1.29, 1.82) is 0 Å². The van der Waals surface area contributed by atoms with Crippen LogP contribution in [0.5, 0.6) is 0 Å². The van der Waals surface area contributed by atoms with E-state index in [9.17, 15) is 22.8 Å². The molecule has 36 heavy (non-hydrogen) atoms. The second-order valence-electron chi connectivity index (χ2n) is 7.90. The van der Waals surface area contributed by atoms with Gasteiger partial charge < -0.3 is 10.0 Å². The smallest absolute Gasteiger partial charge is 0.335 e. The number of hydrogen-bond acceptors (Lipinski definition) is 5. The van der Waals surface area contributed by atoms with E-state index in [1.807, 2.05) is 4.72 Å². The number of carboxylic acids is 1. The van der Waals surface area contributed by atoms with Crippen molar-refractivity contribution in [3.05, 3.63) is 107 Å². The van der Waals surface area contributed by atoms with Crippen molar-refractivity contribution in [2.75, 3.05) is 11.4 Å². The van der Waals surface area contributed by atoms with Crippen LogP contribution in [0.1, 0.15) is 28.4 Å². The predicted octanol–water partition coefficient (Wildman–Crippen LogP) is 3.71. The predicted molar refractivity (Wildman–Crippen MR) is 138 cm³/mol. The summed E-state index contributed by atoms with van der Waals surface area (Å²) in [6.45, 7) is 2.01. The van der Waals surface area contributed by atoms with Gasteiger partial charge in [0.05, 0.1) is 11.0 Å². The minimum Gasteiger partial charge on any atom is -0.478 e. The van der Waals surface area contributed by atoms with Crippen molar-refractivity contribution in [1.82, 2.24) is 4.72 Å². The normalized spacial score (nSPS) is 12.1. The lowest BCUT2D eigenvalue weighted by Crippen LogP contribution is -2.46. The Morgan fingerprint density at radius 1 is 0.917 bits per heavy atom. The van der Waals surface area contributed by atoms with Crippen molar-refractivity contribution < 1.29 is 27.9 Å². The molecular weight excluding hydrogens is 480 g/mol. The van der Waals surface area contributed by atoms with Crippen LogP contribution in [-0.4, -0.2) is 37.9 Å². The Bertz CT molecular complexity index is 1340. The first-order chi connectivity index (χ1) is 17.2. The Balaban J connectivity index is 1.89. The van der Waals surface area contributed by atoms with E-state index in [1.54, 1.807) is 67.6 Å². The molecule has 0 aliphatic heterocycles. The van der Waals surface area contributed by atoms with E-state index in [-0.39, 0.29) is 18.5 Å². The minimum absolute atomic E-state index is 0.0548. The Morgan fingerprint density at radius 3 is 2.06 bits per heavy atom. The van der Waals surface area contributed by atoms with Gasteiger partial charge in [-0.1, -0.05) is 60.7 Å². The first-order valence-electron chi connectivity index (χ1n) is 11.2. The lowest BCUT2D eigenvalue weighted by Gasteiger charge is -2.26. The summed E-state index contributed by atoms with van der Waals surface area (Å²) in [6, 6.07) is 23.2. The molecule has 2 N–H and O–H groups in total. The van der Waals surface area contributed by atoms with E-state index >= 15 is 0 Å². The average molecular weight is 507 g/mol. The van der Waals surface area contributed by atoms with Crippen LogP contribution in [0, 0.1) is 5.92 Å². The van der Waals surface area contributed by atoms with E-state index in [4.69, 9.17) is 5.11 Å². The molecule has 3 rings (SSSR count). The SMILES string of the molecule is CCN(C(=O)C(Cc1ccc(C(=O)O)cc1)C(=O)NS(=O)(=O)C=Cc1ccccc1)c1ccccc1. The van der Waals surface area contributed by atoms with Crippen molar-refractivity contribution >= 4 is 39.6 Å². The van der Waals surface area contributed by atoms with E-state index in [2.05, 4.69) is 0 Å². The lowest BCUT2D eigenvalue weighted by atomic mass is 9.96. The molecule has 1 atom stereocenters. The first kappa shape index (κ1) is 26.4. The van der Waals surface area contributed by atoms with Gasteiger partial charge in [-0.15, -0.1) is 0 Å². The standard InChI is InChI=1S/C27H26N2O6S/c1-2-29(23-11-7-4-8-12-23)26(31)24(19-21-13-15-22(16-14-21)27(32)33)25(30)28-36(34,35)18-17-20-9-5-3-6-10-20/h3-18,24H,2,19H2,1H3,(H,28,30)(H,32,33). The van der Waals surface area contributed by atoms with Gasteiger partial charge >= 0.3 is 5.97 Å². The molecular formula is C27H26N2O6S. The Morgan fingerprint density at radius 2 is 1.50 bits per heavy atom. The number of carbonyl (C=O) groups is 3. The van der Waals surface area contributed by atoms with Crippen LogP contribution in [-0.2, 0) is 26.0 Å². The van der Waals surface area contributed by atoms with Crippen LogP contribution >= 0.6 is 0 Å². The van der Waals surface area contributed by atoms with Crippen LogP contribution in [0.25, 0.3) is 6.08 Å². The van der Waals surface area contributed by atoms with Gasteiger partial charge in [0.2, 0.25) is 11.8 Å². The molecule has 1 unspecified atom stereocenters. The molecule has 0 aliphatic rings. The molecule has 0 spiro atoms. The molecule has 8 nitrogen and oxygen atoms in total. The van der Waals surface area contributed by atoms with Crippen molar-refractivity contribution in [3.63, 3.8) is 0 Å². The van der Waals surface area contributed by atoms with Gasteiger partial charge in [0.1, 0.15) is 5.92 Å². The monoisotopic (exact) mass is 506 g/mol. The third-order valence-electron chi connectivity index (χ3n) is 5.39. The maximum Gasteiger partial charge on any atom is 0.335 e. The van der Waals surface area contributed by atoms with Crippen molar-refractivity contribution in [3.8, 4) is 0 Å². The van der Waals surface area contributed by atoms with Crippen LogP contribution in [0.15, 0.2) is 90.3 Å². The lowest BCUT2D eigenvalue weighted by molar-refractivity contribution is -0.132. The summed E-state index contributed by atoms with van der Waals surface area (Å²) in [5, 5.41) is 10.0. The minimum atomic E-state index is -4.19. The second-order valence-corrected chi connectivity index (χ2v) is 9.47. The number of anilines is 1. The van der Waals surface area contributed by atoms with E-state index < -0.39 is 33.7 Å². The fourth-order valence-electron chi connectivity index (χ4n) is 3.55. The highest BCUT2D eigenvalue weighted by Crippen LogP contribution is 2.20. The molecule has 0 radical (unpaired) electrons. The highest BCUT2D eigenvalue weighted by atomic mass is 32.2. The number of nitrogens with zero attached hydrogens (tertiary/aromatic N) is 1. The van der Waals surface area contributed by atoms with Gasteiger partial charge in [0, 0.05) is 12.2 Å². The number of carbonyl (C=O) groups excluding carboxylic acids is 2. The third-order valence-corrected chi connectivity index (χ3v) is 6.37. The highest BCUT2D eigenvalue weighted by Gasteiger charge is 2.33. The van der Waals surface area contributed by atoms with Gasteiger partial charge in [0.25, 0.3) is 10.0 Å². The summed E-state index contributed by atoms with van der Waals surface area (Å²) in [7, 11) is -4.19. The maximum atomic E-state index is 13.5. The third kappa shape index (κ3) is 7.13. The fourth-order valence-corrected chi connectivity index (χ4v) is 4.38. The zero-order valence-corrected chi connectivity index (χ0v) is 20.4. The van der Waals surface area contributed by atoms with Crippen molar-refractivity contribution in [2.24, 2.45) is 5.92 Å². The summed E-state index contributed by atoms with van der Waals surface area (Å²) in [5.41, 5.74) is 1.76. The van der Waals surface area contributed by atoms with Gasteiger partial charge in [-0.05, 0) is 54.8 Å². The number of aromatic carboxylic acids is 1. The molecule has 0 bridgehead atoms. The maximum absolute atomic E-state index is 13.5. The van der Waals surface area contributed by atoms with Crippen molar-refractivity contribution in [2.45, 2.75) is 13.3 Å². The number of sulfonamides is 1. The Kier molecular flexibility index (Phi) is 8.75. The molecule has 3 aromatic carbocycles. The zero-order chi connectivity index (χ0) is 26.1. The molecule has 0 aliphatic carbocycles. The van der Waals surface area contributed by atoms with Crippen LogP contribution in [0.2, 0.25) is 0 Å². The number of amides is 2. The fraction of sp³-hybridized carbons (Fsp3) is 0.148. The summed E-state index contributed by atoms with van der Waals surface area (Å²) >= 11 is 0. The van der Waals surface area contributed by atoms with E-state index in [0.717, 1.165) is 5.41 Å². The van der Waals surface area contributed by atoms with Gasteiger partial charge in [0.15, 0.2) is 0 Å². The molecule has 2 amide bonds. The number of para-hydroxylation sites is 1. The zero-order valence-electron chi connectivity index (χ0n) is 19.6. The summed E-state index contributed by atoms with van der Waals surface area (Å²) in [4.78, 5) is 39.3. The number of nitrogens with one attached hydrogen (secondary N) is 1. The Labute approximate surface area is 209 Å². The molecule has 0 heterocycles. The summed E-state index contributed by atoms with van der Waals surface area (Å²) in [5.74, 6) is -4.04. The molecule has 0 saturated carbocycles. The topological polar surface area (TPSA) is 121 Å². The number of carboxylic acid groups (broad SMARTS) is 1. The quantitative estimate of drug-likeness (QED) is 0.405. The average Bonchev–Trinajstić information content (AvgIpc) is 2.87. The van der Waals surface area contributed by atoms with E-state index in [1.165, 1.54) is 35.2 Å². The molecule has 0 saturated heterocycles. The summed E-state index contributed by atoms with van der Waals surface area (Å²) in [6.07, 6.45) is 1.23. The number of rotatable bonds is 10. The Hall–Kier alpha value is -4.24. The number of hydrogen-bond donors (Lipinski definition) is 2. The van der Waals surface area contributed by atoms with Gasteiger partial charge in [-0.25, -0.2) is 17.9 Å². The summed E-state index contributed by atoms with van der Waals surface area (Å²) < 4.78 is 27.2. The van der Waals surface area contributed by atoms with Gasteiger partial charge in [-0.3, -0.25) is 9.59 Å². The number of benzene rings is 3. The highest BCUT2D eigenvalue weighted by molar-refractivity contribution is 7.93. The largest absolute Gasteiger partial charge is 0.478 e. The van der Waals surface area contributed by atoms with Gasteiger partial charge in [-0.2, -0.15) is 0 Å². The molecule has 3 aromatic rings.